The number of carbonyl (C=O) groups is 2. The van der Waals surface area contributed by atoms with Gasteiger partial charge in [-0.3, -0.25) is 18.7 Å². The highest BCUT2D eigenvalue weighted by Gasteiger charge is 2.37. The topological polar surface area (TPSA) is 198 Å². The molecule has 8 heterocycles. The number of imidazole rings is 2. The fraction of sp³-hybridized carbons (Fsp3) is 0.288. The average Bonchev–Trinajstić information content (AvgIpc) is 4.45. The molecular weight excluding hydrogens is 1200 g/mol. The predicted molar refractivity (Wildman–Crippen MR) is 326 cm³/mol. The molecule has 80 heavy (non-hydrogen) atoms. The van der Waals surface area contributed by atoms with Gasteiger partial charge in [0.05, 0.1) is 33.1 Å². The summed E-state index contributed by atoms with van der Waals surface area (Å²) < 4.78 is 4.24. The van der Waals surface area contributed by atoms with E-state index in [-0.39, 0.29) is 38.8 Å². The van der Waals surface area contributed by atoms with Gasteiger partial charge in [0.2, 0.25) is 23.7 Å². The maximum Gasteiger partial charge on any atom is 0.369 e. The lowest BCUT2D eigenvalue weighted by Crippen LogP contribution is -2.45. The first-order valence-electron chi connectivity index (χ1n) is 27.1. The molecule has 404 valence electrons. The van der Waals surface area contributed by atoms with E-state index in [2.05, 4.69) is 104 Å². The van der Waals surface area contributed by atoms with E-state index in [0.717, 1.165) is 131 Å². The molecule has 2 aliphatic carbocycles. The summed E-state index contributed by atoms with van der Waals surface area (Å²) in [5.41, 5.74) is 7.73. The molecule has 2 amide bonds. The second-order valence-electron chi connectivity index (χ2n) is 20.8. The smallest absolute Gasteiger partial charge is 0.369 e. The summed E-state index contributed by atoms with van der Waals surface area (Å²) in [4.78, 5) is 67.6. The van der Waals surface area contributed by atoms with E-state index in [1.165, 1.54) is 0 Å². The predicted octanol–water partition coefficient (Wildman–Crippen LogP) is 11.9. The van der Waals surface area contributed by atoms with Gasteiger partial charge < -0.3 is 25.5 Å². The number of aryl methyl sites for hydroxylation is 1. The Morgan fingerprint density at radius 2 is 1.00 bits per heavy atom. The third kappa shape index (κ3) is 12.0. The Labute approximate surface area is 487 Å². The number of rotatable bonds is 10. The summed E-state index contributed by atoms with van der Waals surface area (Å²) in [6.07, 6.45) is 11.5. The summed E-state index contributed by atoms with van der Waals surface area (Å²) in [7, 11) is 0. The van der Waals surface area contributed by atoms with Gasteiger partial charge in [0.15, 0.2) is 11.6 Å². The fourth-order valence-corrected chi connectivity index (χ4v) is 10.7. The third-order valence-electron chi connectivity index (χ3n) is 14.8. The first-order valence-corrected chi connectivity index (χ1v) is 29.9. The zero-order valence-electron chi connectivity index (χ0n) is 43.8. The molecule has 6 aromatic heterocycles. The van der Waals surface area contributed by atoms with Gasteiger partial charge in [0.1, 0.15) is 28.8 Å². The second kappa shape index (κ2) is 23.4. The Kier molecular flexibility index (Phi) is 15.6. The van der Waals surface area contributed by atoms with Gasteiger partial charge in [0, 0.05) is 79.3 Å². The zero-order valence-corrected chi connectivity index (χ0v) is 48.6. The molecule has 14 rings (SSSR count). The maximum absolute atomic E-state index is 12.6. The Morgan fingerprint density at radius 3 is 1.49 bits per heavy atom. The van der Waals surface area contributed by atoms with E-state index in [1.54, 1.807) is 30.6 Å². The SMILES string of the molecule is BrB(Br)Br.Cc1ccc2nc(-c3ccc4ccccc4n3)n(-c3ccnc(N[C@H]4CCCN(C(=O)C5CC5)C4)n3)c2c1.O=C(C1CC1)N1CCC[C@H](Nc2nccc(-n3c(-c4ccc5ccccc5n4)nc4ccc(O)cc43)n2)C1. The number of halogens is 3. The molecule has 10 aromatic rings. The number of piperidine rings is 2. The largest absolute Gasteiger partial charge is 0.508 e. The van der Waals surface area contributed by atoms with Gasteiger partial charge >= 0.3 is 3.18 Å². The molecule has 2 saturated carbocycles. The average molecular weight is 1260 g/mol. The van der Waals surface area contributed by atoms with Crippen molar-refractivity contribution in [3.8, 4) is 40.4 Å². The van der Waals surface area contributed by atoms with E-state index >= 15 is 0 Å². The van der Waals surface area contributed by atoms with Gasteiger partial charge in [-0.2, -0.15) is 9.97 Å². The molecular formula is C59H56BBr3N14O3. The molecule has 4 aromatic carbocycles. The number of likely N-dealkylation sites (tertiary alicyclic amines) is 2. The monoisotopic (exact) mass is 1260 g/mol. The zero-order chi connectivity index (χ0) is 54.9. The van der Waals surface area contributed by atoms with Crippen molar-refractivity contribution in [2.24, 2.45) is 11.8 Å². The number of hydrogen-bond donors (Lipinski definition) is 3. The van der Waals surface area contributed by atoms with Gasteiger partial charge in [-0.05, 0) is 125 Å². The van der Waals surface area contributed by atoms with Gasteiger partial charge in [0.25, 0.3) is 0 Å². The number of fused-ring (bicyclic) bond motifs is 4. The summed E-state index contributed by atoms with van der Waals surface area (Å²) >= 11 is 9.31. The van der Waals surface area contributed by atoms with Crippen molar-refractivity contribution in [3.63, 3.8) is 0 Å². The highest BCUT2D eigenvalue weighted by molar-refractivity contribution is 9.69. The van der Waals surface area contributed by atoms with E-state index in [9.17, 15) is 14.7 Å². The van der Waals surface area contributed by atoms with Gasteiger partial charge in [-0.1, -0.05) is 54.6 Å². The van der Waals surface area contributed by atoms with Gasteiger partial charge in [-0.15, -0.1) is 47.3 Å². The normalized spacial score (nSPS) is 17.1. The van der Waals surface area contributed by atoms with Crippen LogP contribution in [0.15, 0.2) is 134 Å². The van der Waals surface area contributed by atoms with Crippen LogP contribution in [0.2, 0.25) is 0 Å². The lowest BCUT2D eigenvalue weighted by molar-refractivity contribution is -0.134. The van der Waals surface area contributed by atoms with E-state index in [4.69, 9.17) is 29.9 Å². The lowest BCUT2D eigenvalue weighted by atomic mass is 10.1. The number of carbonyl (C=O) groups excluding carboxylic acids is 2. The highest BCUT2D eigenvalue weighted by atomic mass is 79.9. The Balaban J connectivity index is 0.000000149. The van der Waals surface area contributed by atoms with Crippen LogP contribution in [-0.2, 0) is 9.59 Å². The van der Waals surface area contributed by atoms with Gasteiger partial charge in [-0.25, -0.2) is 29.9 Å². The number of anilines is 2. The van der Waals surface area contributed by atoms with Crippen LogP contribution in [0.1, 0.15) is 56.9 Å². The molecule has 4 aliphatic rings. The van der Waals surface area contributed by atoms with E-state index in [0.29, 0.717) is 48.2 Å². The number of pyridine rings is 2. The minimum absolute atomic E-state index is 0.0897. The van der Waals surface area contributed by atoms with Crippen molar-refractivity contribution < 1.29 is 14.7 Å². The number of nitrogens with one attached hydrogen (secondary N) is 2. The number of para-hydroxylation sites is 2. The van der Waals surface area contributed by atoms with Crippen molar-refractivity contribution in [1.82, 2.24) is 58.8 Å². The number of aromatic hydroxyl groups is 1. The van der Waals surface area contributed by atoms with Crippen molar-refractivity contribution in [3.05, 3.63) is 139 Å². The van der Waals surface area contributed by atoms with Crippen LogP contribution in [-0.4, -0.2) is 117 Å². The van der Waals surface area contributed by atoms with Crippen molar-refractivity contribution >= 4 is 118 Å². The fourth-order valence-electron chi connectivity index (χ4n) is 10.7. The molecule has 0 radical (unpaired) electrons. The Bertz CT molecular complexity index is 3680. The lowest BCUT2D eigenvalue weighted by Gasteiger charge is -2.33. The van der Waals surface area contributed by atoms with Crippen LogP contribution >= 0.6 is 47.3 Å². The molecule has 2 atom stereocenters. The van der Waals surface area contributed by atoms with Crippen LogP contribution < -0.4 is 10.6 Å². The van der Waals surface area contributed by atoms with Crippen molar-refractivity contribution in [2.45, 2.75) is 70.4 Å². The van der Waals surface area contributed by atoms with Crippen molar-refractivity contribution in [2.75, 3.05) is 36.8 Å². The quantitative estimate of drug-likeness (QED) is 0.109. The molecule has 2 aliphatic heterocycles. The van der Waals surface area contributed by atoms with E-state index < -0.39 is 0 Å². The number of hydrogen-bond acceptors (Lipinski definition) is 13. The summed E-state index contributed by atoms with van der Waals surface area (Å²) in [5.74, 6) is 4.95. The molecule has 3 N–H and O–H groups in total. The number of aromatic nitrogens is 10. The number of phenolic OH excluding ortho intramolecular Hbond substituents is 1. The molecule has 17 nitrogen and oxygen atoms in total. The summed E-state index contributed by atoms with van der Waals surface area (Å²) in [6, 6.07) is 39.4. The molecule has 4 fully saturated rings. The standard InChI is InChI=1S/C30H29N7O.C29H27N7O2.BBr3/c1-19-8-12-24-26(17-19)37(28(34-24)25-13-11-20-5-2-3-7-23(20)33-25)27-14-15-31-30(35-27)32-22-6-4-16-36(18-22)29(38)21-9-10-21;37-21-10-12-23-25(16-21)36(27(33-23)24-11-9-18-4-1-2-6-22(18)32-24)26-13-14-30-29(34-26)31-20-5-3-15-35(17-20)28(38)19-7-8-19;2-1(3)4/h2-3,5,7-8,11-15,17,21-22H,4,6,9-10,16,18H2,1H3,(H,31,32,35);1-2,4,6,9-14,16,19-20,37H,3,5,7-8,15,17H2,(H,30,31,34);/t22-;20-;/m00./s1. The van der Waals surface area contributed by atoms with Crippen LogP contribution in [0.5, 0.6) is 5.75 Å². The molecule has 0 bridgehead atoms. The number of amides is 2. The number of phenols is 1. The minimum Gasteiger partial charge on any atom is -0.508 e. The number of nitrogens with zero attached hydrogens (tertiary/aromatic N) is 12. The van der Waals surface area contributed by atoms with Crippen LogP contribution in [0, 0.1) is 18.8 Å². The molecule has 21 heteroatoms. The summed E-state index contributed by atoms with van der Waals surface area (Å²) in [5, 5.41) is 19.4. The Morgan fingerprint density at radius 1 is 0.537 bits per heavy atom. The summed E-state index contributed by atoms with van der Waals surface area (Å²) in [6.45, 7) is 5.10. The third-order valence-corrected chi connectivity index (χ3v) is 14.8. The Hall–Kier alpha value is -7.36. The van der Waals surface area contributed by atoms with Crippen LogP contribution in [0.25, 0.3) is 78.5 Å². The van der Waals surface area contributed by atoms with E-state index in [1.807, 2.05) is 93.2 Å². The van der Waals surface area contributed by atoms with Crippen LogP contribution in [0.3, 0.4) is 0 Å². The first kappa shape index (κ1) is 53.3. The molecule has 2 saturated heterocycles. The van der Waals surface area contributed by atoms with Crippen LogP contribution in [0.4, 0.5) is 11.9 Å². The molecule has 0 unspecified atom stereocenters. The number of benzene rings is 4. The molecule has 0 spiro atoms. The maximum atomic E-state index is 12.6. The minimum atomic E-state index is 0.0897. The van der Waals surface area contributed by atoms with Crippen molar-refractivity contribution in [1.29, 1.82) is 0 Å². The highest BCUT2D eigenvalue weighted by Crippen LogP contribution is 2.35. The first-order chi connectivity index (χ1) is 39.0. The second-order valence-corrected chi connectivity index (χ2v) is 27.2.